The number of nitrogens with zero attached hydrogens (tertiary/aromatic N) is 1. The van der Waals surface area contributed by atoms with Gasteiger partial charge in [-0.05, 0) is 43.2 Å². The Morgan fingerprint density at radius 3 is 2.43 bits per heavy atom. The zero-order chi connectivity index (χ0) is 27.8. The van der Waals surface area contributed by atoms with Crippen LogP contribution in [-0.4, -0.2) is 11.6 Å². The van der Waals surface area contributed by atoms with Crippen LogP contribution in [0.5, 0.6) is 5.75 Å². The summed E-state index contributed by atoms with van der Waals surface area (Å²) in [6.45, 7) is 11.4. The van der Waals surface area contributed by atoms with E-state index in [0.717, 1.165) is 48.7 Å². The molecule has 0 spiro atoms. The standard InChI is InChI=1S/C26H33F4N3OS.C2H6/c1-4-6-7-8-9-10-15-34-23-14-13-20(17-21(23)26(28,29)30)32-25-33-22(24(31)35-25)16-19(5-2)12-11-18(3)27;1-2/h5,11-14,17H,3-4,6-10,15-16,31H2,1-2H3,(H,32,33);1-2H3/b12-11-,19-5+;. The van der Waals surface area contributed by atoms with Gasteiger partial charge in [0.1, 0.15) is 16.6 Å². The molecule has 4 nitrogen and oxygen atoms in total. The van der Waals surface area contributed by atoms with Crippen LogP contribution < -0.4 is 15.8 Å². The van der Waals surface area contributed by atoms with Crippen molar-refractivity contribution in [2.75, 3.05) is 17.7 Å². The summed E-state index contributed by atoms with van der Waals surface area (Å²) in [7, 11) is 0. The van der Waals surface area contributed by atoms with Crippen molar-refractivity contribution in [3.05, 3.63) is 65.7 Å². The highest BCUT2D eigenvalue weighted by Gasteiger charge is 2.34. The molecule has 0 aliphatic rings. The van der Waals surface area contributed by atoms with Crippen LogP contribution in [0.2, 0.25) is 0 Å². The summed E-state index contributed by atoms with van der Waals surface area (Å²) in [5, 5.41) is 3.69. The quantitative estimate of drug-likeness (QED) is 0.142. The Balaban J connectivity index is 0.00000334. The molecule has 37 heavy (non-hydrogen) atoms. The van der Waals surface area contributed by atoms with Crippen molar-refractivity contribution >= 4 is 27.2 Å². The second kappa shape index (κ2) is 16.8. The smallest absolute Gasteiger partial charge is 0.420 e. The average molecular weight is 542 g/mol. The minimum absolute atomic E-state index is 0.185. The SMILES string of the molecule is C=C(F)/C=C\C(=C/C)Cc1nc(Nc2ccc(OCCCCCCCC)c(C(F)(F)F)c2)sc1N.CC. The highest BCUT2D eigenvalue weighted by atomic mass is 32.1. The van der Waals surface area contributed by atoms with Gasteiger partial charge in [0, 0.05) is 12.1 Å². The molecule has 9 heteroatoms. The monoisotopic (exact) mass is 541 g/mol. The number of thiazole rings is 1. The predicted molar refractivity (Wildman–Crippen MR) is 148 cm³/mol. The van der Waals surface area contributed by atoms with Crippen molar-refractivity contribution in [2.45, 2.75) is 78.8 Å². The number of benzene rings is 1. The summed E-state index contributed by atoms with van der Waals surface area (Å²) in [6, 6.07) is 3.86. The second-order valence-corrected chi connectivity index (χ2v) is 9.13. The Morgan fingerprint density at radius 1 is 1.14 bits per heavy atom. The van der Waals surface area contributed by atoms with Crippen molar-refractivity contribution in [2.24, 2.45) is 0 Å². The maximum Gasteiger partial charge on any atom is 0.420 e. The molecule has 0 aliphatic carbocycles. The lowest BCUT2D eigenvalue weighted by Crippen LogP contribution is -2.10. The fraction of sp³-hybridized carbons (Fsp3) is 0.464. The van der Waals surface area contributed by atoms with Gasteiger partial charge in [0.05, 0.1) is 17.9 Å². The average Bonchev–Trinajstić information content (AvgIpc) is 3.20. The van der Waals surface area contributed by atoms with Crippen LogP contribution in [0.3, 0.4) is 0 Å². The summed E-state index contributed by atoms with van der Waals surface area (Å²) in [5.74, 6) is -0.757. The summed E-state index contributed by atoms with van der Waals surface area (Å²) in [4.78, 5) is 4.40. The first kappa shape index (κ1) is 32.2. The minimum Gasteiger partial charge on any atom is -0.493 e. The third-order valence-corrected chi connectivity index (χ3v) is 6.08. The topological polar surface area (TPSA) is 60.2 Å². The van der Waals surface area contributed by atoms with E-state index in [4.69, 9.17) is 10.5 Å². The lowest BCUT2D eigenvalue weighted by Gasteiger charge is -2.15. The number of rotatable bonds is 14. The largest absolute Gasteiger partial charge is 0.493 e. The molecule has 2 aromatic rings. The highest BCUT2D eigenvalue weighted by Crippen LogP contribution is 2.39. The van der Waals surface area contributed by atoms with Crippen molar-refractivity contribution in [1.29, 1.82) is 0 Å². The summed E-state index contributed by atoms with van der Waals surface area (Å²) in [6.07, 6.45) is 6.56. The third-order valence-electron chi connectivity index (χ3n) is 5.24. The maximum absolute atomic E-state index is 13.7. The first-order chi connectivity index (χ1) is 17.6. The van der Waals surface area contributed by atoms with Crippen LogP contribution in [-0.2, 0) is 12.6 Å². The molecule has 2 rings (SSSR count). The molecule has 0 saturated heterocycles. The number of alkyl halides is 3. The zero-order valence-corrected chi connectivity index (χ0v) is 23.0. The van der Waals surface area contributed by atoms with Gasteiger partial charge >= 0.3 is 6.18 Å². The second-order valence-electron chi connectivity index (χ2n) is 8.10. The Kier molecular flexibility index (Phi) is 14.7. The molecule has 0 radical (unpaired) electrons. The van der Waals surface area contributed by atoms with Crippen LogP contribution in [0.1, 0.15) is 77.5 Å². The molecule has 0 bridgehead atoms. The number of nitrogen functional groups attached to an aromatic ring is 1. The van der Waals surface area contributed by atoms with E-state index in [1.807, 2.05) is 13.8 Å². The number of ether oxygens (including phenoxy) is 1. The van der Waals surface area contributed by atoms with Gasteiger partial charge in [-0.25, -0.2) is 9.37 Å². The number of unbranched alkanes of at least 4 members (excludes halogenated alkanes) is 5. The third kappa shape index (κ3) is 11.9. The van der Waals surface area contributed by atoms with Crippen LogP contribution in [0.25, 0.3) is 0 Å². The number of anilines is 3. The van der Waals surface area contributed by atoms with Crippen molar-refractivity contribution in [1.82, 2.24) is 4.98 Å². The number of aromatic nitrogens is 1. The molecular weight excluding hydrogens is 502 g/mol. The first-order valence-electron chi connectivity index (χ1n) is 12.7. The first-order valence-corrected chi connectivity index (χ1v) is 13.5. The van der Waals surface area contributed by atoms with Crippen LogP contribution in [0.4, 0.5) is 33.4 Å². The van der Waals surface area contributed by atoms with E-state index in [1.165, 1.54) is 24.6 Å². The molecule has 0 aliphatic heterocycles. The lowest BCUT2D eigenvalue weighted by molar-refractivity contribution is -0.138. The fourth-order valence-corrected chi connectivity index (χ4v) is 4.10. The molecule has 0 saturated carbocycles. The van der Waals surface area contributed by atoms with Gasteiger partial charge < -0.3 is 15.8 Å². The van der Waals surface area contributed by atoms with E-state index in [2.05, 4.69) is 23.8 Å². The Labute approximate surface area is 222 Å². The molecule has 0 unspecified atom stereocenters. The van der Waals surface area contributed by atoms with E-state index >= 15 is 0 Å². The fourth-order valence-electron chi connectivity index (χ4n) is 3.33. The van der Waals surface area contributed by atoms with Gasteiger partial charge in [0.2, 0.25) is 0 Å². The van der Waals surface area contributed by atoms with Gasteiger partial charge in [-0.2, -0.15) is 13.2 Å². The van der Waals surface area contributed by atoms with Gasteiger partial charge in [-0.3, -0.25) is 0 Å². The Hall–Kier alpha value is -2.81. The van der Waals surface area contributed by atoms with Gasteiger partial charge in [-0.1, -0.05) is 82.9 Å². The number of nitrogens with two attached hydrogens (primary N) is 1. The molecule has 3 N–H and O–H groups in total. The molecule has 206 valence electrons. The number of allylic oxidation sites excluding steroid dienone is 5. The van der Waals surface area contributed by atoms with Crippen LogP contribution in [0.15, 0.2) is 54.4 Å². The Bertz CT molecular complexity index is 1030. The van der Waals surface area contributed by atoms with E-state index < -0.39 is 17.6 Å². The Morgan fingerprint density at radius 2 is 1.81 bits per heavy atom. The summed E-state index contributed by atoms with van der Waals surface area (Å²) >= 11 is 1.13. The number of halogens is 4. The van der Waals surface area contributed by atoms with E-state index in [9.17, 15) is 17.6 Å². The predicted octanol–water partition coefficient (Wildman–Crippen LogP) is 9.78. The number of nitrogens with one attached hydrogen (secondary N) is 1. The minimum atomic E-state index is -4.56. The summed E-state index contributed by atoms with van der Waals surface area (Å²) in [5.41, 5.74) is 6.77. The van der Waals surface area contributed by atoms with Gasteiger partial charge in [-0.15, -0.1) is 0 Å². The highest BCUT2D eigenvalue weighted by molar-refractivity contribution is 7.19. The van der Waals surface area contributed by atoms with Gasteiger partial charge in [0.15, 0.2) is 5.13 Å². The van der Waals surface area contributed by atoms with Crippen molar-refractivity contribution in [3.8, 4) is 5.75 Å². The van der Waals surface area contributed by atoms with Gasteiger partial charge in [0.25, 0.3) is 0 Å². The maximum atomic E-state index is 13.7. The molecule has 1 aromatic heterocycles. The zero-order valence-electron chi connectivity index (χ0n) is 22.2. The van der Waals surface area contributed by atoms with Crippen molar-refractivity contribution < 1.29 is 22.3 Å². The molecular formula is C28H39F4N3OS. The summed E-state index contributed by atoms with van der Waals surface area (Å²) < 4.78 is 59.4. The van der Waals surface area contributed by atoms with E-state index in [0.29, 0.717) is 28.7 Å². The molecule has 0 atom stereocenters. The number of hydrogen-bond acceptors (Lipinski definition) is 5. The molecule has 1 heterocycles. The van der Waals surface area contributed by atoms with Crippen molar-refractivity contribution in [3.63, 3.8) is 0 Å². The van der Waals surface area contributed by atoms with Crippen LogP contribution >= 0.6 is 11.3 Å². The normalized spacial score (nSPS) is 11.8. The van der Waals surface area contributed by atoms with E-state index in [-0.39, 0.29) is 18.0 Å². The molecule has 0 amide bonds. The lowest BCUT2D eigenvalue weighted by atomic mass is 10.1. The molecule has 0 fully saturated rings. The van der Waals surface area contributed by atoms with E-state index in [1.54, 1.807) is 19.1 Å². The number of hydrogen-bond donors (Lipinski definition) is 2. The molecule has 1 aromatic carbocycles. The van der Waals surface area contributed by atoms with Crippen LogP contribution in [0, 0.1) is 0 Å².